The van der Waals surface area contributed by atoms with Gasteiger partial charge in [-0.15, -0.1) is 0 Å². The molecular weight excluding hydrogens is 476 g/mol. The van der Waals surface area contributed by atoms with Crippen LogP contribution in [0.2, 0.25) is 0 Å². The smallest absolute Gasteiger partial charge is 0.304 e. The summed E-state index contributed by atoms with van der Waals surface area (Å²) in [6.07, 6.45) is 4.47. The summed E-state index contributed by atoms with van der Waals surface area (Å²) in [7, 11) is -1.08. The van der Waals surface area contributed by atoms with Crippen molar-refractivity contribution >= 4 is 27.7 Å². The molecule has 0 aromatic heterocycles. The van der Waals surface area contributed by atoms with Crippen LogP contribution in [0.5, 0.6) is 0 Å². The SMILES string of the molecule is CC[C@@H](C(=O)NC1CCCC1)N(Cc1cccc(C)c1)C(=O)CN(c1ccccc1)S(=O)(=O)N(C)C. The number of benzene rings is 2. The van der Waals surface area contributed by atoms with E-state index in [-0.39, 0.29) is 18.5 Å². The van der Waals surface area contributed by atoms with Gasteiger partial charge in [0.25, 0.3) is 0 Å². The van der Waals surface area contributed by atoms with Crippen LogP contribution in [0, 0.1) is 6.92 Å². The highest BCUT2D eigenvalue weighted by atomic mass is 32.2. The molecule has 0 bridgehead atoms. The molecule has 2 aromatic rings. The predicted molar refractivity (Wildman–Crippen MR) is 143 cm³/mol. The van der Waals surface area contributed by atoms with E-state index in [1.54, 1.807) is 30.3 Å². The summed E-state index contributed by atoms with van der Waals surface area (Å²) in [6, 6.07) is 15.8. The first-order valence-corrected chi connectivity index (χ1v) is 13.9. The molecule has 1 aliphatic rings. The van der Waals surface area contributed by atoms with Gasteiger partial charge in [0.15, 0.2) is 0 Å². The average Bonchev–Trinajstić information content (AvgIpc) is 3.35. The fraction of sp³-hybridized carbons (Fsp3) is 0.481. The second-order valence-electron chi connectivity index (χ2n) is 9.56. The third kappa shape index (κ3) is 6.85. The summed E-state index contributed by atoms with van der Waals surface area (Å²) in [6.45, 7) is 3.65. The zero-order valence-corrected chi connectivity index (χ0v) is 22.5. The summed E-state index contributed by atoms with van der Waals surface area (Å²) in [5, 5.41) is 3.12. The van der Waals surface area contributed by atoms with Crippen molar-refractivity contribution in [2.45, 2.75) is 64.6 Å². The van der Waals surface area contributed by atoms with Crippen molar-refractivity contribution in [3.8, 4) is 0 Å². The van der Waals surface area contributed by atoms with Gasteiger partial charge in [-0.2, -0.15) is 12.7 Å². The van der Waals surface area contributed by atoms with Crippen LogP contribution in [0.1, 0.15) is 50.2 Å². The normalized spacial score (nSPS) is 15.0. The van der Waals surface area contributed by atoms with Crippen molar-refractivity contribution in [2.24, 2.45) is 0 Å². The predicted octanol–water partition coefficient (Wildman–Crippen LogP) is 3.47. The maximum atomic E-state index is 13.8. The molecule has 1 aliphatic carbocycles. The van der Waals surface area contributed by atoms with Crippen LogP contribution >= 0.6 is 0 Å². The summed E-state index contributed by atoms with van der Waals surface area (Å²) >= 11 is 0. The summed E-state index contributed by atoms with van der Waals surface area (Å²) in [5.41, 5.74) is 2.32. The highest BCUT2D eigenvalue weighted by Crippen LogP contribution is 2.22. The molecule has 8 nitrogen and oxygen atoms in total. The molecule has 9 heteroatoms. The molecule has 36 heavy (non-hydrogen) atoms. The third-order valence-electron chi connectivity index (χ3n) is 6.59. The van der Waals surface area contributed by atoms with Crippen molar-refractivity contribution in [3.63, 3.8) is 0 Å². The number of anilines is 1. The van der Waals surface area contributed by atoms with Crippen molar-refractivity contribution in [3.05, 3.63) is 65.7 Å². The van der Waals surface area contributed by atoms with Gasteiger partial charge in [0.1, 0.15) is 12.6 Å². The van der Waals surface area contributed by atoms with Gasteiger partial charge >= 0.3 is 10.2 Å². The Labute approximate surface area is 215 Å². The largest absolute Gasteiger partial charge is 0.352 e. The molecule has 1 saturated carbocycles. The first-order chi connectivity index (χ1) is 17.1. The Bertz CT molecular complexity index is 1130. The number of para-hydroxylation sites is 1. The Morgan fingerprint density at radius 2 is 1.69 bits per heavy atom. The number of nitrogens with zero attached hydrogens (tertiary/aromatic N) is 3. The molecule has 1 atom stereocenters. The van der Waals surface area contributed by atoms with Gasteiger partial charge in [-0.1, -0.05) is 67.8 Å². The Hall–Kier alpha value is -2.91. The van der Waals surface area contributed by atoms with Gasteiger partial charge in [-0.25, -0.2) is 4.31 Å². The van der Waals surface area contributed by atoms with E-state index < -0.39 is 28.7 Å². The van der Waals surface area contributed by atoms with Gasteiger partial charge in [-0.3, -0.25) is 9.59 Å². The van der Waals surface area contributed by atoms with Crippen molar-refractivity contribution in [2.75, 3.05) is 24.9 Å². The summed E-state index contributed by atoms with van der Waals surface area (Å²) in [5.74, 6) is -0.619. The van der Waals surface area contributed by atoms with Gasteiger partial charge in [-0.05, 0) is 43.9 Å². The Morgan fingerprint density at radius 1 is 1.03 bits per heavy atom. The zero-order chi connectivity index (χ0) is 26.3. The Morgan fingerprint density at radius 3 is 2.28 bits per heavy atom. The lowest BCUT2D eigenvalue weighted by atomic mass is 10.1. The molecular formula is C27H38N4O4S. The molecule has 0 heterocycles. The Kier molecular flexibility index (Phi) is 9.50. The van der Waals surface area contributed by atoms with Crippen LogP contribution < -0.4 is 9.62 Å². The van der Waals surface area contributed by atoms with Crippen molar-refractivity contribution in [1.29, 1.82) is 0 Å². The van der Waals surface area contributed by atoms with Gasteiger partial charge in [0, 0.05) is 26.7 Å². The Balaban J connectivity index is 1.94. The minimum Gasteiger partial charge on any atom is -0.352 e. The lowest BCUT2D eigenvalue weighted by Crippen LogP contribution is -2.54. The van der Waals surface area contributed by atoms with Crippen LogP contribution in [-0.2, 0) is 26.3 Å². The average molecular weight is 515 g/mol. The van der Waals surface area contributed by atoms with Crippen LogP contribution in [0.25, 0.3) is 0 Å². The molecule has 0 radical (unpaired) electrons. The van der Waals surface area contributed by atoms with Crippen LogP contribution in [-0.4, -0.2) is 62.2 Å². The lowest BCUT2D eigenvalue weighted by molar-refractivity contribution is -0.140. The standard InChI is InChI=1S/C27H38N4O4S/c1-5-25(27(33)28-23-14-9-10-15-23)30(19-22-13-11-12-21(2)18-22)26(32)20-31(36(34,35)29(3)4)24-16-7-6-8-17-24/h6-8,11-13,16-18,23,25H,5,9-10,14-15,19-20H2,1-4H3,(H,28,33)/t25-/m0/s1. The molecule has 2 aromatic carbocycles. The zero-order valence-electron chi connectivity index (χ0n) is 21.7. The van der Waals surface area contributed by atoms with Gasteiger partial charge in [0.2, 0.25) is 11.8 Å². The molecule has 1 N–H and O–H groups in total. The molecule has 196 valence electrons. The summed E-state index contributed by atoms with van der Waals surface area (Å²) in [4.78, 5) is 28.7. The molecule has 2 amide bonds. The fourth-order valence-corrected chi connectivity index (χ4v) is 5.66. The second-order valence-corrected chi connectivity index (χ2v) is 11.6. The van der Waals surface area contributed by atoms with Crippen molar-refractivity contribution < 1.29 is 18.0 Å². The summed E-state index contributed by atoms with van der Waals surface area (Å²) < 4.78 is 28.6. The maximum Gasteiger partial charge on any atom is 0.304 e. The molecule has 3 rings (SSSR count). The van der Waals surface area contributed by atoms with Gasteiger partial charge in [0.05, 0.1) is 5.69 Å². The first kappa shape index (κ1) is 27.7. The number of rotatable bonds is 11. The quantitative estimate of drug-likeness (QED) is 0.497. The van der Waals surface area contributed by atoms with E-state index in [9.17, 15) is 18.0 Å². The minimum absolute atomic E-state index is 0.123. The van der Waals surface area contributed by atoms with E-state index >= 15 is 0 Å². The van der Waals surface area contributed by atoms with E-state index in [2.05, 4.69) is 5.32 Å². The van der Waals surface area contributed by atoms with Crippen LogP contribution in [0.4, 0.5) is 5.69 Å². The van der Waals surface area contributed by atoms with Gasteiger partial charge < -0.3 is 10.2 Å². The molecule has 0 aliphatic heterocycles. The minimum atomic E-state index is -3.95. The lowest BCUT2D eigenvalue weighted by Gasteiger charge is -2.34. The maximum absolute atomic E-state index is 13.8. The third-order valence-corrected chi connectivity index (χ3v) is 8.41. The molecule has 0 unspecified atom stereocenters. The van der Waals surface area contributed by atoms with Crippen molar-refractivity contribution in [1.82, 2.24) is 14.5 Å². The second kappa shape index (κ2) is 12.4. The fourth-order valence-electron chi connectivity index (χ4n) is 4.61. The first-order valence-electron chi connectivity index (χ1n) is 12.5. The number of hydrogen-bond donors (Lipinski definition) is 1. The number of nitrogens with one attached hydrogen (secondary N) is 1. The molecule has 0 spiro atoms. The van der Waals surface area contributed by atoms with E-state index in [4.69, 9.17) is 0 Å². The van der Waals surface area contributed by atoms with E-state index in [1.807, 2.05) is 38.1 Å². The topological polar surface area (TPSA) is 90.0 Å². The van der Waals surface area contributed by atoms with E-state index in [0.29, 0.717) is 12.1 Å². The van der Waals surface area contributed by atoms with E-state index in [0.717, 1.165) is 45.4 Å². The highest BCUT2D eigenvalue weighted by Gasteiger charge is 2.34. The number of amides is 2. The number of hydrogen-bond acceptors (Lipinski definition) is 4. The molecule has 0 saturated heterocycles. The highest BCUT2D eigenvalue weighted by molar-refractivity contribution is 7.90. The molecule has 1 fully saturated rings. The number of carbonyl (C=O) groups excluding carboxylic acids is 2. The van der Waals surface area contributed by atoms with E-state index in [1.165, 1.54) is 19.0 Å². The van der Waals surface area contributed by atoms with Crippen LogP contribution in [0.15, 0.2) is 54.6 Å². The number of aryl methyl sites for hydroxylation is 1. The monoisotopic (exact) mass is 514 g/mol. The number of carbonyl (C=O) groups is 2. The van der Waals surface area contributed by atoms with Crippen LogP contribution in [0.3, 0.4) is 0 Å².